The van der Waals surface area contributed by atoms with Crippen molar-refractivity contribution in [1.29, 1.82) is 0 Å². The van der Waals surface area contributed by atoms with Crippen LogP contribution in [-0.4, -0.2) is 46.2 Å². The number of primary amides is 1. The van der Waals surface area contributed by atoms with E-state index in [1.54, 1.807) is 18.3 Å². The molecule has 1 fully saturated rings. The Morgan fingerprint density at radius 3 is 2.53 bits per heavy atom. The Labute approximate surface area is 206 Å². The summed E-state index contributed by atoms with van der Waals surface area (Å²) in [6.07, 6.45) is 4.21. The van der Waals surface area contributed by atoms with Gasteiger partial charge in [-0.05, 0) is 42.2 Å². The average Bonchev–Trinajstić information content (AvgIpc) is 3.70. The highest BCUT2D eigenvalue weighted by Crippen LogP contribution is 2.49. The zero-order valence-electron chi connectivity index (χ0n) is 19.6. The highest BCUT2D eigenvalue weighted by molar-refractivity contribution is 6.08. The number of carbonyl (C=O) groups is 2. The summed E-state index contributed by atoms with van der Waals surface area (Å²) in [6, 6.07) is 12.9. The van der Waals surface area contributed by atoms with E-state index in [1.165, 1.54) is 20.4 Å². The first-order valence-electron chi connectivity index (χ1n) is 11.1. The second kappa shape index (κ2) is 8.81. The predicted molar refractivity (Wildman–Crippen MR) is 133 cm³/mol. The van der Waals surface area contributed by atoms with Gasteiger partial charge in [0.25, 0.3) is 5.91 Å². The van der Waals surface area contributed by atoms with Crippen LogP contribution >= 0.6 is 0 Å². The number of carboxylic acids is 1. The summed E-state index contributed by atoms with van der Waals surface area (Å²) in [5.41, 5.74) is 8.85. The molecule has 0 saturated heterocycles. The molecule has 2 aromatic heterocycles. The third-order valence-electron chi connectivity index (χ3n) is 6.40. The first kappa shape index (κ1) is 23.0. The largest absolute Gasteiger partial charge is 0.481 e. The van der Waals surface area contributed by atoms with E-state index >= 15 is 0 Å². The van der Waals surface area contributed by atoms with E-state index in [9.17, 15) is 14.7 Å². The molecule has 0 unspecified atom stereocenters. The minimum absolute atomic E-state index is 0.185. The standard InChI is InChI=1S/C26H23N5O5/c1-35-23-18(12-29-25(31-23)36-2)14-6-7-17-20(10-14)28-13-19(22(27)32)21(17)30-16-5-3-4-15(11-16)26(8-9-26)24(33)34/h3-7,10-13H,8-9H2,1-2H3,(H2,27,32)(H,28,30)(H,33,34). The number of aliphatic carboxylic acids is 1. The van der Waals surface area contributed by atoms with Gasteiger partial charge in [-0.1, -0.05) is 24.3 Å². The molecule has 0 atom stereocenters. The number of carboxylic acid groups (broad SMARTS) is 1. The predicted octanol–water partition coefficient (Wildman–Crippen LogP) is 3.67. The highest BCUT2D eigenvalue weighted by Gasteiger charge is 2.51. The molecule has 0 aliphatic heterocycles. The lowest BCUT2D eigenvalue weighted by Gasteiger charge is -2.16. The Morgan fingerprint density at radius 1 is 1.06 bits per heavy atom. The number of nitrogens with two attached hydrogens (primary N) is 1. The molecule has 1 saturated carbocycles. The molecule has 0 spiro atoms. The van der Waals surface area contributed by atoms with Gasteiger partial charge in [0.2, 0.25) is 5.88 Å². The maximum Gasteiger partial charge on any atom is 0.319 e. The number of ether oxygens (including phenoxy) is 2. The maximum atomic E-state index is 12.2. The lowest BCUT2D eigenvalue weighted by Crippen LogP contribution is -2.19. The molecular weight excluding hydrogens is 462 g/mol. The molecule has 36 heavy (non-hydrogen) atoms. The van der Waals surface area contributed by atoms with Crippen LogP contribution in [0.15, 0.2) is 54.9 Å². The molecular formula is C26H23N5O5. The molecule has 4 aromatic rings. The number of nitrogens with one attached hydrogen (secondary N) is 1. The maximum absolute atomic E-state index is 12.2. The van der Waals surface area contributed by atoms with Crippen LogP contribution in [-0.2, 0) is 10.2 Å². The lowest BCUT2D eigenvalue weighted by atomic mass is 9.95. The van der Waals surface area contributed by atoms with Crippen LogP contribution in [0, 0.1) is 0 Å². The van der Waals surface area contributed by atoms with Crippen LogP contribution in [0.2, 0.25) is 0 Å². The van der Waals surface area contributed by atoms with Crippen molar-refractivity contribution >= 4 is 34.2 Å². The number of hydrogen-bond acceptors (Lipinski definition) is 8. The van der Waals surface area contributed by atoms with Gasteiger partial charge in [0.1, 0.15) is 0 Å². The summed E-state index contributed by atoms with van der Waals surface area (Å²) in [5.74, 6) is -1.13. The van der Waals surface area contributed by atoms with Gasteiger partial charge in [-0.3, -0.25) is 14.6 Å². The minimum atomic E-state index is -0.848. The van der Waals surface area contributed by atoms with E-state index in [2.05, 4.69) is 20.3 Å². The third kappa shape index (κ3) is 3.92. The average molecular weight is 486 g/mol. The quantitative estimate of drug-likeness (QED) is 0.340. The number of hydrogen-bond donors (Lipinski definition) is 3. The van der Waals surface area contributed by atoms with Crippen LogP contribution in [0.1, 0.15) is 28.8 Å². The lowest BCUT2D eigenvalue weighted by molar-refractivity contribution is -0.140. The monoisotopic (exact) mass is 485 g/mol. The zero-order valence-corrected chi connectivity index (χ0v) is 19.6. The number of fused-ring (bicyclic) bond motifs is 1. The molecule has 5 rings (SSSR count). The van der Waals surface area contributed by atoms with Crippen molar-refractivity contribution in [1.82, 2.24) is 15.0 Å². The Kier molecular flexibility index (Phi) is 5.63. The normalized spacial score (nSPS) is 13.7. The zero-order chi connectivity index (χ0) is 25.4. The van der Waals surface area contributed by atoms with Crippen molar-refractivity contribution in [2.45, 2.75) is 18.3 Å². The van der Waals surface area contributed by atoms with E-state index in [1.807, 2.05) is 30.3 Å². The van der Waals surface area contributed by atoms with Crippen molar-refractivity contribution in [2.75, 3.05) is 19.5 Å². The van der Waals surface area contributed by atoms with Gasteiger partial charge in [0, 0.05) is 23.5 Å². The van der Waals surface area contributed by atoms with Gasteiger partial charge in [-0.15, -0.1) is 0 Å². The van der Waals surface area contributed by atoms with E-state index in [0.29, 0.717) is 52.1 Å². The number of benzene rings is 2. The van der Waals surface area contributed by atoms with Gasteiger partial charge >= 0.3 is 12.0 Å². The number of rotatable bonds is 8. The van der Waals surface area contributed by atoms with E-state index in [-0.39, 0.29) is 11.6 Å². The van der Waals surface area contributed by atoms with Crippen molar-refractivity contribution in [3.8, 4) is 23.0 Å². The number of pyridine rings is 1. The number of carbonyl (C=O) groups excluding carboxylic acids is 1. The molecule has 182 valence electrons. The highest BCUT2D eigenvalue weighted by atomic mass is 16.5. The van der Waals surface area contributed by atoms with Crippen LogP contribution in [0.4, 0.5) is 11.4 Å². The fourth-order valence-corrected chi connectivity index (χ4v) is 4.28. The van der Waals surface area contributed by atoms with Gasteiger partial charge in [0.05, 0.1) is 42.0 Å². The molecule has 1 aliphatic rings. The fourth-order valence-electron chi connectivity index (χ4n) is 4.28. The van der Waals surface area contributed by atoms with Crippen molar-refractivity contribution in [2.24, 2.45) is 5.73 Å². The van der Waals surface area contributed by atoms with E-state index < -0.39 is 17.3 Å². The molecule has 2 heterocycles. The van der Waals surface area contributed by atoms with Crippen LogP contribution < -0.4 is 20.5 Å². The molecule has 1 aliphatic carbocycles. The molecule has 1 amide bonds. The van der Waals surface area contributed by atoms with Gasteiger partial charge in [0.15, 0.2) is 0 Å². The van der Waals surface area contributed by atoms with Crippen LogP contribution in [0.25, 0.3) is 22.0 Å². The van der Waals surface area contributed by atoms with E-state index in [0.717, 1.165) is 5.56 Å². The van der Waals surface area contributed by atoms with Gasteiger partial charge in [-0.25, -0.2) is 4.98 Å². The van der Waals surface area contributed by atoms with Gasteiger partial charge in [-0.2, -0.15) is 4.98 Å². The summed E-state index contributed by atoms with van der Waals surface area (Å²) in [7, 11) is 2.98. The SMILES string of the molecule is COc1ncc(-c2ccc3c(Nc4cccc(C5(C(=O)O)CC5)c4)c(C(N)=O)cnc3c2)c(OC)n1. The Hall–Kier alpha value is -4.73. The van der Waals surface area contributed by atoms with Crippen molar-refractivity contribution < 1.29 is 24.2 Å². The summed E-state index contributed by atoms with van der Waals surface area (Å²) in [6.45, 7) is 0. The van der Waals surface area contributed by atoms with Gasteiger partial charge < -0.3 is 25.6 Å². The van der Waals surface area contributed by atoms with Crippen LogP contribution in [0.3, 0.4) is 0 Å². The topological polar surface area (TPSA) is 150 Å². The minimum Gasteiger partial charge on any atom is -0.481 e. The number of methoxy groups -OCH3 is 2. The number of aromatic nitrogens is 3. The summed E-state index contributed by atoms with van der Waals surface area (Å²) >= 11 is 0. The summed E-state index contributed by atoms with van der Waals surface area (Å²) < 4.78 is 10.5. The number of amides is 1. The fraction of sp³-hybridized carbons (Fsp3) is 0.192. The molecule has 10 heteroatoms. The Bertz CT molecular complexity index is 1520. The van der Waals surface area contributed by atoms with Crippen LogP contribution in [0.5, 0.6) is 11.9 Å². The summed E-state index contributed by atoms with van der Waals surface area (Å²) in [5, 5.41) is 13.6. The number of anilines is 2. The molecule has 4 N–H and O–H groups in total. The van der Waals surface area contributed by atoms with Crippen molar-refractivity contribution in [3.63, 3.8) is 0 Å². The summed E-state index contributed by atoms with van der Waals surface area (Å²) in [4.78, 5) is 36.9. The first-order chi connectivity index (χ1) is 17.4. The molecule has 10 nitrogen and oxygen atoms in total. The van der Waals surface area contributed by atoms with Crippen molar-refractivity contribution in [3.05, 3.63) is 66.0 Å². The first-order valence-corrected chi connectivity index (χ1v) is 11.1. The Morgan fingerprint density at radius 2 is 1.86 bits per heavy atom. The second-order valence-corrected chi connectivity index (χ2v) is 8.52. The molecule has 2 aromatic carbocycles. The molecule has 0 radical (unpaired) electrons. The molecule has 0 bridgehead atoms. The smallest absolute Gasteiger partial charge is 0.319 e. The van der Waals surface area contributed by atoms with E-state index in [4.69, 9.17) is 15.2 Å². The second-order valence-electron chi connectivity index (χ2n) is 8.52. The third-order valence-corrected chi connectivity index (χ3v) is 6.40. The Balaban J connectivity index is 1.58. The number of nitrogens with zero attached hydrogens (tertiary/aromatic N) is 3.